The van der Waals surface area contributed by atoms with Crippen LogP contribution < -0.4 is 10.1 Å². The summed E-state index contributed by atoms with van der Waals surface area (Å²) in [6.07, 6.45) is 4.44. The highest BCUT2D eigenvalue weighted by Gasteiger charge is 2.49. The Kier molecular flexibility index (Phi) is 5.13. The van der Waals surface area contributed by atoms with Crippen molar-refractivity contribution < 1.29 is 27.4 Å². The lowest BCUT2D eigenvalue weighted by Gasteiger charge is -2.34. The van der Waals surface area contributed by atoms with Crippen molar-refractivity contribution in [2.45, 2.75) is 37.2 Å². The van der Waals surface area contributed by atoms with Gasteiger partial charge in [-0.1, -0.05) is 0 Å². The van der Waals surface area contributed by atoms with Crippen LogP contribution in [0.2, 0.25) is 0 Å². The van der Waals surface area contributed by atoms with Crippen LogP contribution in [0, 0.1) is 17.3 Å². The van der Waals surface area contributed by atoms with Gasteiger partial charge in [0.15, 0.2) is 5.65 Å². The molecule has 0 saturated carbocycles. The highest BCUT2D eigenvalue weighted by molar-refractivity contribution is 5.97. The number of nitrogens with one attached hydrogen (secondary N) is 1. The summed E-state index contributed by atoms with van der Waals surface area (Å²) in [6, 6.07) is 4.18. The minimum atomic E-state index is -3.13. The average Bonchev–Trinajstić information content (AvgIpc) is 3.32. The number of pyridine rings is 1. The van der Waals surface area contributed by atoms with E-state index >= 15 is 0 Å². The Hall–Kier alpha value is -3.72. The molecule has 3 aromatic rings. The number of aromatic nitrogens is 4. The van der Waals surface area contributed by atoms with Crippen molar-refractivity contribution in [3.05, 3.63) is 47.3 Å². The minimum Gasteiger partial charge on any atom is -0.415 e. The van der Waals surface area contributed by atoms with E-state index in [0.29, 0.717) is 43.7 Å². The number of hydrogen-bond acceptors (Lipinski definition) is 7. The normalized spacial score (nSPS) is 18.9. The number of alkyl halides is 2. The molecule has 9 nitrogen and oxygen atoms in total. The number of carbonyl (C=O) groups is 1. The van der Waals surface area contributed by atoms with Crippen LogP contribution in [0.4, 0.5) is 18.9 Å². The van der Waals surface area contributed by atoms with Crippen molar-refractivity contribution in [3.63, 3.8) is 0 Å². The maximum Gasteiger partial charge on any atom is 0.388 e. The first-order chi connectivity index (χ1) is 15.9. The number of amides is 1. The third kappa shape index (κ3) is 3.64. The molecule has 4 heterocycles. The van der Waals surface area contributed by atoms with Crippen LogP contribution in [-0.2, 0) is 14.9 Å². The maximum atomic E-state index is 13.9. The number of fused-ring (bicyclic) bond motifs is 4. The summed E-state index contributed by atoms with van der Waals surface area (Å²) < 4.78 is 50.1. The number of nitriles is 1. The van der Waals surface area contributed by atoms with Crippen LogP contribution in [0.5, 0.6) is 5.88 Å². The van der Waals surface area contributed by atoms with Gasteiger partial charge in [-0.05, 0) is 25.3 Å². The number of rotatable bonds is 4. The van der Waals surface area contributed by atoms with Gasteiger partial charge < -0.3 is 14.8 Å². The second-order valence-corrected chi connectivity index (χ2v) is 8.00. The van der Waals surface area contributed by atoms with Gasteiger partial charge in [-0.15, -0.1) is 5.10 Å². The number of hydrogen-bond donors (Lipinski definition) is 1. The van der Waals surface area contributed by atoms with Gasteiger partial charge in [-0.25, -0.2) is 14.5 Å². The molecule has 170 valence electrons. The molecule has 33 heavy (non-hydrogen) atoms. The summed E-state index contributed by atoms with van der Waals surface area (Å²) in [5.74, 6) is -2.19. The van der Waals surface area contributed by atoms with E-state index < -0.39 is 29.8 Å². The number of carbonyl (C=O) groups excluding carboxylic acids is 1. The summed E-state index contributed by atoms with van der Waals surface area (Å²) >= 11 is 0. The topological polar surface area (TPSA) is 114 Å². The maximum absolute atomic E-state index is 13.9. The van der Waals surface area contributed by atoms with Gasteiger partial charge in [0.05, 0.1) is 23.5 Å². The molecular weight excluding hydrogens is 441 g/mol. The van der Waals surface area contributed by atoms with Gasteiger partial charge in [-0.2, -0.15) is 18.4 Å². The van der Waals surface area contributed by atoms with Gasteiger partial charge in [-0.3, -0.25) is 4.79 Å². The molecule has 12 heteroatoms. The summed E-state index contributed by atoms with van der Waals surface area (Å²) in [7, 11) is 0. The van der Waals surface area contributed by atoms with E-state index in [4.69, 9.17) is 4.74 Å². The lowest BCUT2D eigenvalue weighted by molar-refractivity contribution is -0.118. The highest BCUT2D eigenvalue weighted by Crippen LogP contribution is 2.51. The molecule has 1 aliphatic carbocycles. The molecule has 1 spiro atoms. The first-order valence-electron chi connectivity index (χ1n) is 10.2. The van der Waals surface area contributed by atoms with Crippen LogP contribution >= 0.6 is 0 Å². The molecule has 0 aromatic carbocycles. The quantitative estimate of drug-likeness (QED) is 0.639. The first-order valence-corrected chi connectivity index (χ1v) is 10.2. The average molecular weight is 458 g/mol. The van der Waals surface area contributed by atoms with E-state index in [9.17, 15) is 23.2 Å². The SMILES string of the molecule is N#Cc1cc(NC(=O)C2CC3(CCOCC3)c3c2cnc2cc(F)nn32)cnc1OC(F)F. The molecule has 5 rings (SSSR count). The molecule has 2 aliphatic rings. The molecular formula is C21H17F3N6O3. The largest absolute Gasteiger partial charge is 0.415 e. The zero-order valence-electron chi connectivity index (χ0n) is 17.1. The van der Waals surface area contributed by atoms with Crippen molar-refractivity contribution in [3.8, 4) is 11.9 Å². The summed E-state index contributed by atoms with van der Waals surface area (Å²) in [4.78, 5) is 21.3. The van der Waals surface area contributed by atoms with E-state index in [-0.39, 0.29) is 17.2 Å². The Bertz CT molecular complexity index is 1280. The third-order valence-electron chi connectivity index (χ3n) is 6.16. The van der Waals surface area contributed by atoms with Crippen molar-refractivity contribution >= 4 is 17.2 Å². The predicted octanol–water partition coefficient (Wildman–Crippen LogP) is 2.91. The van der Waals surface area contributed by atoms with Crippen LogP contribution in [0.25, 0.3) is 5.65 Å². The Balaban J connectivity index is 1.49. The van der Waals surface area contributed by atoms with Crippen molar-refractivity contribution in [1.82, 2.24) is 19.6 Å². The third-order valence-corrected chi connectivity index (χ3v) is 6.16. The van der Waals surface area contributed by atoms with Crippen LogP contribution in [0.15, 0.2) is 24.5 Å². The lowest BCUT2D eigenvalue weighted by atomic mass is 9.77. The molecule has 0 radical (unpaired) electrons. The summed E-state index contributed by atoms with van der Waals surface area (Å²) in [6.45, 7) is -2.13. The fourth-order valence-corrected chi connectivity index (χ4v) is 4.75. The molecule has 1 saturated heterocycles. The van der Waals surface area contributed by atoms with E-state index in [0.717, 1.165) is 11.9 Å². The van der Waals surface area contributed by atoms with Gasteiger partial charge >= 0.3 is 6.61 Å². The second-order valence-electron chi connectivity index (χ2n) is 8.00. The predicted molar refractivity (Wildman–Crippen MR) is 106 cm³/mol. The smallest absolute Gasteiger partial charge is 0.388 e. The van der Waals surface area contributed by atoms with Crippen molar-refractivity contribution in [1.29, 1.82) is 5.26 Å². The van der Waals surface area contributed by atoms with E-state index in [1.54, 1.807) is 12.3 Å². The first kappa shape index (κ1) is 21.1. The number of halogens is 3. The van der Waals surface area contributed by atoms with E-state index in [2.05, 4.69) is 25.1 Å². The monoisotopic (exact) mass is 458 g/mol. The fraction of sp³-hybridized carbons (Fsp3) is 0.381. The van der Waals surface area contributed by atoms with Crippen LogP contribution in [0.3, 0.4) is 0 Å². The molecule has 3 aromatic heterocycles. The number of ether oxygens (including phenoxy) is 2. The summed E-state index contributed by atoms with van der Waals surface area (Å²) in [5.41, 5.74) is 1.23. The number of anilines is 1. The molecule has 1 amide bonds. The molecule has 0 bridgehead atoms. The van der Waals surface area contributed by atoms with E-state index in [1.165, 1.54) is 16.6 Å². The Morgan fingerprint density at radius 2 is 2.09 bits per heavy atom. The molecule has 1 aliphatic heterocycles. The molecule has 1 unspecified atom stereocenters. The second kappa shape index (κ2) is 8.00. The zero-order valence-corrected chi connectivity index (χ0v) is 17.1. The molecule has 1 N–H and O–H groups in total. The van der Waals surface area contributed by atoms with Gasteiger partial charge in [0, 0.05) is 36.5 Å². The Morgan fingerprint density at radius 3 is 2.82 bits per heavy atom. The standard InChI is InChI=1S/C21H17F3N6O3/c22-15-6-16-26-10-14-13(7-21(1-3-32-4-2-21)17(14)30(16)29-15)18(31)28-12-5-11(8-25)19(27-9-12)33-20(23)24/h5-6,9-10,13,20H,1-4,7H2,(H,28,31). The minimum absolute atomic E-state index is 0.159. The van der Waals surface area contributed by atoms with Gasteiger partial charge in [0.25, 0.3) is 0 Å². The van der Waals surface area contributed by atoms with Crippen molar-refractivity contribution in [2.75, 3.05) is 18.5 Å². The van der Waals surface area contributed by atoms with Crippen molar-refractivity contribution in [2.24, 2.45) is 0 Å². The Morgan fingerprint density at radius 1 is 1.30 bits per heavy atom. The van der Waals surface area contributed by atoms with Gasteiger partial charge in [0.1, 0.15) is 11.6 Å². The van der Waals surface area contributed by atoms with Crippen LogP contribution in [-0.4, -0.2) is 45.3 Å². The molecule has 1 atom stereocenters. The fourth-order valence-electron chi connectivity index (χ4n) is 4.75. The number of nitrogens with zero attached hydrogens (tertiary/aromatic N) is 5. The molecule has 1 fully saturated rings. The van der Waals surface area contributed by atoms with E-state index in [1.807, 2.05) is 0 Å². The highest BCUT2D eigenvalue weighted by atomic mass is 19.3. The zero-order chi connectivity index (χ0) is 23.2. The van der Waals surface area contributed by atoms with Crippen LogP contribution in [0.1, 0.15) is 42.0 Å². The lowest BCUT2D eigenvalue weighted by Crippen LogP contribution is -2.34. The Labute approximate surface area is 185 Å². The summed E-state index contributed by atoms with van der Waals surface area (Å²) in [5, 5.41) is 15.9. The van der Waals surface area contributed by atoms with Gasteiger partial charge in [0.2, 0.25) is 17.7 Å².